The summed E-state index contributed by atoms with van der Waals surface area (Å²) in [6, 6.07) is 0. The molecule has 24 heavy (non-hydrogen) atoms. The molecule has 1 aliphatic carbocycles. The van der Waals surface area contributed by atoms with E-state index in [0.717, 1.165) is 44.7 Å². The second-order valence-electron chi connectivity index (χ2n) is 7.55. The van der Waals surface area contributed by atoms with Gasteiger partial charge in [-0.05, 0) is 25.8 Å². The molecule has 0 amide bonds. The zero-order chi connectivity index (χ0) is 16.8. The van der Waals surface area contributed by atoms with Gasteiger partial charge in [-0.25, -0.2) is 13.4 Å². The Morgan fingerprint density at radius 2 is 2.17 bits per heavy atom. The number of imidazole rings is 1. The fraction of sp³-hybridized carbons (Fsp3) is 0.812. The monoisotopic (exact) mass is 354 g/mol. The second kappa shape index (κ2) is 6.09. The van der Waals surface area contributed by atoms with Crippen LogP contribution in [0.1, 0.15) is 25.1 Å². The van der Waals surface area contributed by atoms with E-state index in [1.807, 2.05) is 24.0 Å². The smallest absolute Gasteiger partial charge is 0.217 e. The van der Waals surface area contributed by atoms with E-state index in [1.165, 1.54) is 0 Å². The van der Waals surface area contributed by atoms with Gasteiger partial charge in [-0.3, -0.25) is 4.90 Å². The average molecular weight is 354 g/mol. The molecule has 0 radical (unpaired) electrons. The molecule has 2 saturated heterocycles. The van der Waals surface area contributed by atoms with Crippen molar-refractivity contribution >= 4 is 10.0 Å². The molecule has 0 bridgehead atoms. The Labute approximate surface area is 143 Å². The second-order valence-corrected chi connectivity index (χ2v) is 9.76. The van der Waals surface area contributed by atoms with Crippen LogP contribution < -0.4 is 0 Å². The normalized spacial score (nSPS) is 30.0. The Kier molecular flexibility index (Phi) is 4.19. The summed E-state index contributed by atoms with van der Waals surface area (Å²) in [7, 11) is -1.12. The number of likely N-dealkylation sites (tertiary alicyclic amines) is 1. The molecule has 0 N–H and O–H groups in total. The van der Waals surface area contributed by atoms with Crippen molar-refractivity contribution in [2.75, 3.05) is 39.4 Å². The lowest BCUT2D eigenvalue weighted by Gasteiger charge is -2.31. The lowest BCUT2D eigenvalue weighted by atomic mass is 9.88. The van der Waals surface area contributed by atoms with Crippen LogP contribution in [0.3, 0.4) is 0 Å². The predicted octanol–water partition coefficient (Wildman–Crippen LogP) is 0.437. The van der Waals surface area contributed by atoms with Crippen molar-refractivity contribution in [1.82, 2.24) is 18.8 Å². The van der Waals surface area contributed by atoms with Crippen LogP contribution in [-0.4, -0.2) is 71.8 Å². The molecule has 2 aliphatic heterocycles. The molecular weight excluding hydrogens is 328 g/mol. The molecule has 4 rings (SSSR count). The van der Waals surface area contributed by atoms with Gasteiger partial charge >= 0.3 is 0 Å². The molecule has 3 heterocycles. The van der Waals surface area contributed by atoms with Crippen molar-refractivity contribution in [3.05, 3.63) is 18.2 Å². The lowest BCUT2D eigenvalue weighted by Crippen LogP contribution is -2.44. The topological polar surface area (TPSA) is 67.7 Å². The van der Waals surface area contributed by atoms with Crippen molar-refractivity contribution in [1.29, 1.82) is 0 Å². The van der Waals surface area contributed by atoms with Gasteiger partial charge in [0.2, 0.25) is 10.0 Å². The van der Waals surface area contributed by atoms with Crippen LogP contribution in [0.2, 0.25) is 0 Å². The number of rotatable bonds is 4. The zero-order valence-corrected chi connectivity index (χ0v) is 15.0. The molecule has 8 heteroatoms. The summed E-state index contributed by atoms with van der Waals surface area (Å²) in [5.74, 6) is 1.05. The van der Waals surface area contributed by atoms with Crippen molar-refractivity contribution in [3.63, 3.8) is 0 Å². The van der Waals surface area contributed by atoms with Crippen LogP contribution in [0.4, 0.5) is 0 Å². The third kappa shape index (κ3) is 3.12. The molecule has 3 aliphatic rings. The van der Waals surface area contributed by atoms with Gasteiger partial charge in [-0.15, -0.1) is 0 Å². The van der Waals surface area contributed by atoms with E-state index in [1.54, 1.807) is 4.31 Å². The highest BCUT2D eigenvalue weighted by atomic mass is 32.2. The van der Waals surface area contributed by atoms with E-state index < -0.39 is 10.0 Å². The van der Waals surface area contributed by atoms with E-state index in [-0.39, 0.29) is 10.7 Å². The van der Waals surface area contributed by atoms with E-state index in [2.05, 4.69) is 9.88 Å². The van der Waals surface area contributed by atoms with Gasteiger partial charge in [0, 0.05) is 44.5 Å². The minimum Gasteiger partial charge on any atom is -0.379 e. The lowest BCUT2D eigenvalue weighted by molar-refractivity contribution is 0.0718. The molecule has 0 aromatic carbocycles. The summed E-state index contributed by atoms with van der Waals surface area (Å²) in [6.07, 6.45) is 6.39. The van der Waals surface area contributed by atoms with Crippen LogP contribution in [0.5, 0.6) is 0 Å². The third-order valence-corrected chi connectivity index (χ3v) is 7.86. The highest BCUT2D eigenvalue weighted by Gasteiger charge is 2.47. The van der Waals surface area contributed by atoms with E-state index in [0.29, 0.717) is 26.3 Å². The van der Waals surface area contributed by atoms with Crippen molar-refractivity contribution in [2.45, 2.75) is 31.1 Å². The Hall–Kier alpha value is -0.960. The highest BCUT2D eigenvalue weighted by molar-refractivity contribution is 7.90. The van der Waals surface area contributed by atoms with Crippen LogP contribution in [0.15, 0.2) is 12.4 Å². The summed E-state index contributed by atoms with van der Waals surface area (Å²) >= 11 is 0. The fourth-order valence-corrected chi connectivity index (χ4v) is 5.84. The maximum absolute atomic E-state index is 12.7. The number of aryl methyl sites for hydroxylation is 1. The standard InChI is InChI=1S/C16H26N4O3S/c1-18-7-5-17-15(18)10-19-6-4-16(11-19)12-20(8-9-23-13-16)24(21,22)14-2-3-14/h5,7,14H,2-4,6,8-13H2,1H3. The molecule has 1 unspecified atom stereocenters. The van der Waals surface area contributed by atoms with E-state index in [4.69, 9.17) is 4.74 Å². The summed E-state index contributed by atoms with van der Waals surface area (Å²) in [4.78, 5) is 6.77. The Morgan fingerprint density at radius 3 is 2.88 bits per heavy atom. The first-order valence-electron chi connectivity index (χ1n) is 8.74. The van der Waals surface area contributed by atoms with Gasteiger partial charge < -0.3 is 9.30 Å². The third-order valence-electron chi connectivity index (χ3n) is 5.51. The Morgan fingerprint density at radius 1 is 1.33 bits per heavy atom. The van der Waals surface area contributed by atoms with Gasteiger partial charge in [0.25, 0.3) is 0 Å². The number of aromatic nitrogens is 2. The van der Waals surface area contributed by atoms with Gasteiger partial charge in [0.05, 0.1) is 25.0 Å². The molecule has 134 valence electrons. The molecule has 1 aromatic rings. The first kappa shape index (κ1) is 16.5. The minimum absolute atomic E-state index is 0.0797. The molecular formula is C16H26N4O3S. The molecule has 1 spiro atoms. The summed E-state index contributed by atoms with van der Waals surface area (Å²) in [5, 5.41) is -0.141. The molecule has 3 fully saturated rings. The number of nitrogens with zero attached hydrogens (tertiary/aromatic N) is 4. The van der Waals surface area contributed by atoms with Crippen molar-refractivity contribution < 1.29 is 13.2 Å². The van der Waals surface area contributed by atoms with Gasteiger partial charge in [-0.1, -0.05) is 0 Å². The van der Waals surface area contributed by atoms with Crippen molar-refractivity contribution in [3.8, 4) is 0 Å². The average Bonchev–Trinajstić information content (AvgIpc) is 3.27. The molecule has 1 atom stereocenters. The fourth-order valence-electron chi connectivity index (χ4n) is 3.91. The molecule has 7 nitrogen and oxygen atoms in total. The Bertz CT molecular complexity index is 700. The first-order valence-corrected chi connectivity index (χ1v) is 10.2. The summed E-state index contributed by atoms with van der Waals surface area (Å²) in [5.41, 5.74) is -0.0797. The van der Waals surface area contributed by atoms with Gasteiger partial charge in [-0.2, -0.15) is 4.31 Å². The SMILES string of the molecule is Cn1ccnc1CN1CCC2(COCCN(S(=O)(=O)C3CC3)C2)C1. The van der Waals surface area contributed by atoms with Crippen LogP contribution in [0, 0.1) is 5.41 Å². The maximum Gasteiger partial charge on any atom is 0.217 e. The van der Waals surface area contributed by atoms with Gasteiger partial charge in [0.1, 0.15) is 5.82 Å². The van der Waals surface area contributed by atoms with Crippen molar-refractivity contribution in [2.24, 2.45) is 12.5 Å². The van der Waals surface area contributed by atoms with E-state index >= 15 is 0 Å². The molecule has 1 aromatic heterocycles. The minimum atomic E-state index is -3.13. The highest BCUT2D eigenvalue weighted by Crippen LogP contribution is 2.38. The van der Waals surface area contributed by atoms with Crippen LogP contribution in [0.25, 0.3) is 0 Å². The summed E-state index contributed by atoms with van der Waals surface area (Å²) < 4.78 is 34.9. The molecule has 1 saturated carbocycles. The summed E-state index contributed by atoms with van der Waals surface area (Å²) in [6.45, 7) is 4.90. The van der Waals surface area contributed by atoms with Gasteiger partial charge in [0.15, 0.2) is 0 Å². The zero-order valence-electron chi connectivity index (χ0n) is 14.2. The first-order chi connectivity index (χ1) is 11.5. The Balaban J connectivity index is 1.47. The van der Waals surface area contributed by atoms with E-state index in [9.17, 15) is 8.42 Å². The van der Waals surface area contributed by atoms with Crippen LogP contribution in [-0.2, 0) is 28.4 Å². The number of hydrogen-bond donors (Lipinski definition) is 0. The quantitative estimate of drug-likeness (QED) is 0.785. The maximum atomic E-state index is 12.7. The number of hydrogen-bond acceptors (Lipinski definition) is 5. The number of sulfonamides is 1. The predicted molar refractivity (Wildman–Crippen MR) is 89.9 cm³/mol. The largest absolute Gasteiger partial charge is 0.379 e. The van der Waals surface area contributed by atoms with Crippen LogP contribution >= 0.6 is 0 Å². The number of ether oxygens (including phenoxy) is 1.